The number of carbonyl (C=O) groups excluding carboxylic acids is 1. The predicted molar refractivity (Wildman–Crippen MR) is 89.4 cm³/mol. The predicted octanol–water partition coefficient (Wildman–Crippen LogP) is 3.65. The molecular weight excluding hydrogens is 346 g/mol. The molecule has 1 heterocycles. The molecular formula is C16H14BrN3O2. The van der Waals surface area contributed by atoms with Crippen LogP contribution in [0, 0.1) is 11.3 Å². The number of furan rings is 1. The van der Waals surface area contributed by atoms with Crippen molar-refractivity contribution in [3.8, 4) is 6.07 Å². The molecule has 1 aromatic heterocycles. The second kappa shape index (κ2) is 6.96. The highest BCUT2D eigenvalue weighted by molar-refractivity contribution is 9.10. The summed E-state index contributed by atoms with van der Waals surface area (Å²) < 4.78 is 6.35. The summed E-state index contributed by atoms with van der Waals surface area (Å²) in [5.74, 6) is 0.615. The van der Waals surface area contributed by atoms with Gasteiger partial charge in [-0.3, -0.25) is 4.79 Å². The van der Waals surface area contributed by atoms with E-state index in [2.05, 4.69) is 21.2 Å². The average molecular weight is 360 g/mol. The van der Waals surface area contributed by atoms with Gasteiger partial charge in [0.15, 0.2) is 5.88 Å². The maximum absolute atomic E-state index is 12.1. The van der Waals surface area contributed by atoms with Crippen LogP contribution in [0.4, 0.5) is 11.6 Å². The average Bonchev–Trinajstić information content (AvgIpc) is 2.93. The van der Waals surface area contributed by atoms with Crippen LogP contribution in [0.3, 0.4) is 0 Å². The quantitative estimate of drug-likeness (QED) is 0.668. The number of hydrogen-bond donors (Lipinski definition) is 1. The fraction of sp³-hybridized carbons (Fsp3) is 0.125. The van der Waals surface area contributed by atoms with E-state index in [-0.39, 0.29) is 5.57 Å². The SMILES string of the molecule is CN(C)c1ccc(/C=C(/C#N)C(=O)Nc2cccc(Br)c2)o1. The molecule has 1 amide bonds. The van der Waals surface area contributed by atoms with Crippen LogP contribution in [0.25, 0.3) is 6.08 Å². The van der Waals surface area contributed by atoms with Crippen molar-refractivity contribution in [2.45, 2.75) is 0 Å². The molecule has 5 nitrogen and oxygen atoms in total. The van der Waals surface area contributed by atoms with Crippen molar-refractivity contribution in [1.29, 1.82) is 5.26 Å². The summed E-state index contributed by atoms with van der Waals surface area (Å²) in [6.45, 7) is 0. The van der Waals surface area contributed by atoms with E-state index in [1.165, 1.54) is 6.08 Å². The van der Waals surface area contributed by atoms with E-state index >= 15 is 0 Å². The van der Waals surface area contributed by atoms with Crippen LogP contribution in [0.1, 0.15) is 5.76 Å². The van der Waals surface area contributed by atoms with Crippen LogP contribution >= 0.6 is 15.9 Å². The second-order valence-electron chi connectivity index (χ2n) is 4.70. The number of amides is 1. The molecule has 112 valence electrons. The maximum atomic E-state index is 12.1. The van der Waals surface area contributed by atoms with Crippen molar-refractivity contribution in [3.63, 3.8) is 0 Å². The number of halogens is 1. The van der Waals surface area contributed by atoms with Crippen molar-refractivity contribution in [2.75, 3.05) is 24.3 Å². The molecule has 0 spiro atoms. The van der Waals surface area contributed by atoms with E-state index in [0.29, 0.717) is 17.3 Å². The fourth-order valence-corrected chi connectivity index (χ4v) is 2.11. The first kappa shape index (κ1) is 15.9. The summed E-state index contributed by atoms with van der Waals surface area (Å²) in [5, 5.41) is 11.8. The van der Waals surface area contributed by atoms with Gasteiger partial charge >= 0.3 is 0 Å². The topological polar surface area (TPSA) is 69.3 Å². The van der Waals surface area contributed by atoms with Crippen LogP contribution in [-0.4, -0.2) is 20.0 Å². The third-order valence-electron chi connectivity index (χ3n) is 2.79. The number of nitriles is 1. The lowest BCUT2D eigenvalue weighted by Crippen LogP contribution is -2.13. The van der Waals surface area contributed by atoms with E-state index in [1.54, 1.807) is 35.2 Å². The zero-order chi connectivity index (χ0) is 16.1. The van der Waals surface area contributed by atoms with Crippen LogP contribution in [0.2, 0.25) is 0 Å². The van der Waals surface area contributed by atoms with Gasteiger partial charge in [-0.2, -0.15) is 5.26 Å². The fourth-order valence-electron chi connectivity index (χ4n) is 1.72. The van der Waals surface area contributed by atoms with Gasteiger partial charge in [-0.05, 0) is 24.3 Å². The van der Waals surface area contributed by atoms with Gasteiger partial charge in [-0.15, -0.1) is 0 Å². The number of benzene rings is 1. The standard InChI is InChI=1S/C16H14BrN3O2/c1-20(2)15-7-6-14(22-15)8-11(10-18)16(21)19-13-5-3-4-12(17)9-13/h3-9H,1-2H3,(H,19,21)/b11-8-. The van der Waals surface area contributed by atoms with Gasteiger partial charge in [0, 0.05) is 36.4 Å². The summed E-state index contributed by atoms with van der Waals surface area (Å²) in [6, 6.07) is 12.5. The molecule has 6 heteroatoms. The van der Waals surface area contributed by atoms with Gasteiger partial charge in [0.2, 0.25) is 0 Å². The Kier molecular flexibility index (Phi) is 5.02. The highest BCUT2D eigenvalue weighted by atomic mass is 79.9. The molecule has 22 heavy (non-hydrogen) atoms. The molecule has 0 aliphatic heterocycles. The minimum atomic E-state index is -0.483. The first-order chi connectivity index (χ1) is 10.5. The van der Waals surface area contributed by atoms with Crippen LogP contribution in [-0.2, 0) is 4.79 Å². The Bertz CT molecular complexity index is 757. The number of nitrogens with zero attached hydrogens (tertiary/aromatic N) is 2. The molecule has 0 bridgehead atoms. The number of rotatable bonds is 4. The van der Waals surface area contributed by atoms with Crippen LogP contribution in [0.5, 0.6) is 0 Å². The van der Waals surface area contributed by atoms with Gasteiger partial charge in [-0.1, -0.05) is 22.0 Å². The summed E-state index contributed by atoms with van der Waals surface area (Å²) in [4.78, 5) is 13.9. The first-order valence-corrected chi connectivity index (χ1v) is 7.25. The van der Waals surface area contributed by atoms with Gasteiger partial charge in [0.25, 0.3) is 5.91 Å². The minimum Gasteiger partial charge on any atom is -0.441 e. The highest BCUT2D eigenvalue weighted by Crippen LogP contribution is 2.20. The molecule has 0 unspecified atom stereocenters. The third kappa shape index (κ3) is 3.99. The zero-order valence-corrected chi connectivity index (χ0v) is 13.7. The van der Waals surface area contributed by atoms with Gasteiger partial charge < -0.3 is 14.6 Å². The normalized spacial score (nSPS) is 10.9. The van der Waals surface area contributed by atoms with Gasteiger partial charge in [0.05, 0.1) is 0 Å². The molecule has 2 rings (SSSR count). The van der Waals surface area contributed by atoms with Gasteiger partial charge in [0.1, 0.15) is 17.4 Å². The summed E-state index contributed by atoms with van der Waals surface area (Å²) in [7, 11) is 3.69. The number of hydrogen-bond acceptors (Lipinski definition) is 4. The minimum absolute atomic E-state index is 0.0281. The Labute approximate surface area is 137 Å². The molecule has 0 aliphatic rings. The van der Waals surface area contributed by atoms with Crippen LogP contribution < -0.4 is 10.2 Å². The molecule has 2 aromatic rings. The number of nitrogens with one attached hydrogen (secondary N) is 1. The molecule has 0 atom stereocenters. The van der Waals surface area contributed by atoms with E-state index in [9.17, 15) is 4.79 Å². The number of carbonyl (C=O) groups is 1. The lowest BCUT2D eigenvalue weighted by atomic mass is 10.2. The summed E-state index contributed by atoms with van der Waals surface area (Å²) in [5.41, 5.74) is 0.577. The third-order valence-corrected chi connectivity index (χ3v) is 3.28. The largest absolute Gasteiger partial charge is 0.441 e. The Morgan fingerprint density at radius 2 is 2.14 bits per heavy atom. The van der Waals surface area contributed by atoms with E-state index in [4.69, 9.17) is 9.68 Å². The van der Waals surface area contributed by atoms with Crippen molar-refractivity contribution in [2.24, 2.45) is 0 Å². The smallest absolute Gasteiger partial charge is 0.266 e. The Morgan fingerprint density at radius 1 is 1.36 bits per heavy atom. The molecule has 0 radical (unpaired) electrons. The molecule has 1 aromatic carbocycles. The lowest BCUT2D eigenvalue weighted by molar-refractivity contribution is -0.112. The monoisotopic (exact) mass is 359 g/mol. The number of anilines is 2. The van der Waals surface area contributed by atoms with Crippen LogP contribution in [0.15, 0.2) is 50.9 Å². The van der Waals surface area contributed by atoms with Gasteiger partial charge in [-0.25, -0.2) is 0 Å². The Hall–Kier alpha value is -2.52. The van der Waals surface area contributed by atoms with E-state index < -0.39 is 5.91 Å². The second-order valence-corrected chi connectivity index (χ2v) is 5.62. The Morgan fingerprint density at radius 3 is 2.73 bits per heavy atom. The summed E-state index contributed by atoms with van der Waals surface area (Å²) in [6.07, 6.45) is 1.42. The summed E-state index contributed by atoms with van der Waals surface area (Å²) >= 11 is 3.33. The zero-order valence-electron chi connectivity index (χ0n) is 12.1. The van der Waals surface area contributed by atoms with Crippen molar-refractivity contribution < 1.29 is 9.21 Å². The molecule has 0 aliphatic carbocycles. The van der Waals surface area contributed by atoms with E-state index in [0.717, 1.165) is 4.47 Å². The molecule has 1 N–H and O–H groups in total. The van der Waals surface area contributed by atoms with Crippen molar-refractivity contribution >= 4 is 39.5 Å². The molecule has 0 fully saturated rings. The Balaban J connectivity index is 2.18. The first-order valence-electron chi connectivity index (χ1n) is 6.45. The maximum Gasteiger partial charge on any atom is 0.266 e. The van der Waals surface area contributed by atoms with E-state index in [1.807, 2.05) is 26.2 Å². The lowest BCUT2D eigenvalue weighted by Gasteiger charge is -2.06. The molecule has 0 saturated heterocycles. The van der Waals surface area contributed by atoms with Crippen molar-refractivity contribution in [3.05, 3.63) is 52.2 Å². The van der Waals surface area contributed by atoms with Crippen molar-refractivity contribution in [1.82, 2.24) is 0 Å². The highest BCUT2D eigenvalue weighted by Gasteiger charge is 2.11. The molecule has 0 saturated carbocycles.